The van der Waals surface area contributed by atoms with Crippen LogP contribution in [0.1, 0.15) is 31.1 Å². The molecule has 0 amide bonds. The number of halogens is 1. The third kappa shape index (κ3) is 13.2. The van der Waals surface area contributed by atoms with E-state index in [9.17, 15) is 69.8 Å². The van der Waals surface area contributed by atoms with Gasteiger partial charge in [0, 0.05) is 12.4 Å². The summed E-state index contributed by atoms with van der Waals surface area (Å²) in [6.45, 7) is -2.31. The topological polar surface area (TPSA) is 764 Å². The smallest absolute Gasteiger partial charge is 0.280 e. The predicted molar refractivity (Wildman–Crippen MR) is 383 cm³/mol. The monoisotopic (exact) mass is 1550 g/mol. The molecule has 46 nitrogen and oxygen atoms in total. The van der Waals surface area contributed by atoms with Crippen molar-refractivity contribution in [1.82, 2.24) is 87.6 Å². The lowest BCUT2D eigenvalue weighted by atomic mass is 9.92. The van der Waals surface area contributed by atoms with Gasteiger partial charge in [-0.05, 0) is 6.07 Å². The first-order valence-electron chi connectivity index (χ1n) is 32.0. The van der Waals surface area contributed by atoms with Crippen LogP contribution in [0.4, 0.5) is 34.1 Å². The molecule has 5 aliphatic heterocycles. The lowest BCUT2D eigenvalue weighted by molar-refractivity contribution is -0.0447. The van der Waals surface area contributed by atoms with Gasteiger partial charge in [-0.2, -0.15) is 19.9 Å². The Morgan fingerprint density at radius 3 is 1.30 bits per heavy atom. The van der Waals surface area contributed by atoms with E-state index in [4.69, 9.17) is 125 Å². The first-order chi connectivity index (χ1) is 52.1. The minimum absolute atomic E-state index is 0.0270. The highest BCUT2D eigenvalue weighted by molar-refractivity contribution is 7.71. The molecule has 15 rings (SSSR count). The molecule has 15 heterocycles. The average Bonchev–Trinajstić information content (AvgIpc) is 1.61. The summed E-state index contributed by atoms with van der Waals surface area (Å²) < 4.78 is 48.8. The number of aliphatic hydroxyl groups is 10. The number of hydrogen-bond donors (Lipinski definition) is 24. The first-order valence-corrected chi connectivity index (χ1v) is 32.4. The number of nitrogens with one attached hydrogen (secondary N) is 4. The molecule has 0 aliphatic carbocycles. The van der Waals surface area contributed by atoms with Crippen LogP contribution in [0.15, 0.2) is 58.0 Å². The van der Waals surface area contributed by atoms with E-state index in [2.05, 4.69) is 94.4 Å². The number of terminal acetylenes is 5. The Bertz CT molecular complexity index is 5330. The molecular formula is C62H71FN28O18S. The Labute approximate surface area is 619 Å². The zero-order valence-corrected chi connectivity index (χ0v) is 57.5. The lowest BCUT2D eigenvalue weighted by Crippen LogP contribution is -2.53. The quantitative estimate of drug-likeness (QED) is 0.0447. The number of H-pyrrole nitrogens is 4. The second-order valence-corrected chi connectivity index (χ2v) is 25.6. The van der Waals surface area contributed by atoms with Crippen molar-refractivity contribution in [2.45, 2.75) is 120 Å². The maximum atomic E-state index is 14.1. The van der Waals surface area contributed by atoms with Gasteiger partial charge in [0.1, 0.15) is 83.1 Å². The molecule has 10 aromatic heterocycles. The normalized spacial score (nSPS) is 31.5. The third-order valence-electron chi connectivity index (χ3n) is 18.7. The SMILES string of the molecule is C#CC1(N)[C@@H](O)[C@@H](CO)O[C@H]1n1cc(F)c2c(=O)[nH]c(N)nc21.C#CC1(N)[C@@H](O)[C@@H](CO)O[C@H]1n1ccc2c(=O)[nH]c(N)nc21.C#CC1(N)[C@@H](O)[C@@H](CO)O[C@H]1n1cnc2c(=O)[nH]c(N)nc21.C#CC1(N)[C@@H](O)[C@@H](CO)O[C@H]1n1cnc2c(=S)nc(N)[nH]c21.C#CC1(N)[C@@H](O)[C@@H](CO)O[C@H]1n1cnc2cnc(N)nc21. The van der Waals surface area contributed by atoms with E-state index in [0.29, 0.717) is 22.3 Å². The molecule has 0 saturated carbocycles. The largest absolute Gasteiger partial charge is 0.394 e. The zero-order chi connectivity index (χ0) is 80.3. The van der Waals surface area contributed by atoms with Gasteiger partial charge in [0.2, 0.25) is 23.8 Å². The van der Waals surface area contributed by atoms with Crippen molar-refractivity contribution >= 4 is 97.5 Å². The van der Waals surface area contributed by atoms with Crippen LogP contribution in [-0.4, -0.2) is 260 Å². The van der Waals surface area contributed by atoms with Crippen LogP contribution in [0.5, 0.6) is 0 Å². The van der Waals surface area contributed by atoms with Crippen molar-refractivity contribution in [3.63, 3.8) is 0 Å². The van der Waals surface area contributed by atoms with E-state index in [1.807, 2.05) is 0 Å². The number of aromatic nitrogens is 18. The number of ether oxygens (including phenoxy) is 5. The number of nitrogen functional groups attached to an aromatic ring is 5. The van der Waals surface area contributed by atoms with E-state index in [0.717, 1.165) is 10.8 Å². The average molecular weight is 1550 g/mol. The van der Waals surface area contributed by atoms with Crippen molar-refractivity contribution in [3.05, 3.63) is 85.2 Å². The fraction of sp³-hybridized carbons (Fsp3) is 0.403. The zero-order valence-electron chi connectivity index (χ0n) is 56.7. The maximum absolute atomic E-state index is 14.1. The van der Waals surface area contributed by atoms with E-state index >= 15 is 0 Å². The number of aromatic amines is 4. The van der Waals surface area contributed by atoms with Crippen molar-refractivity contribution in [1.29, 1.82) is 0 Å². The van der Waals surface area contributed by atoms with Crippen LogP contribution in [0.2, 0.25) is 0 Å². The number of imidazole rings is 3. The Hall–Kier alpha value is -11.6. The molecule has 10 aromatic rings. The van der Waals surface area contributed by atoms with Gasteiger partial charge in [0.05, 0.1) is 63.6 Å². The molecule has 0 spiro atoms. The van der Waals surface area contributed by atoms with E-state index in [-0.39, 0.29) is 67.6 Å². The molecule has 110 heavy (non-hydrogen) atoms. The van der Waals surface area contributed by atoms with Gasteiger partial charge < -0.3 is 142 Å². The number of rotatable bonds is 10. The van der Waals surface area contributed by atoms with E-state index in [1.165, 1.54) is 55.7 Å². The Morgan fingerprint density at radius 1 is 0.464 bits per heavy atom. The molecule has 0 radical (unpaired) electrons. The van der Waals surface area contributed by atoms with Gasteiger partial charge in [0.15, 0.2) is 103 Å². The molecule has 0 bridgehead atoms. The summed E-state index contributed by atoms with van der Waals surface area (Å²) in [5.74, 6) is 10.4. The minimum atomic E-state index is -1.76. The summed E-state index contributed by atoms with van der Waals surface area (Å²) in [5, 5.41) is 97.1. The van der Waals surface area contributed by atoms with Crippen LogP contribution in [-0.2, 0) is 23.7 Å². The number of aliphatic hydroxyl groups excluding tert-OH is 10. The molecule has 20 atom stereocenters. The van der Waals surface area contributed by atoms with Crippen molar-refractivity contribution < 1.29 is 79.1 Å². The molecule has 5 unspecified atom stereocenters. The molecule has 580 valence electrons. The first kappa shape index (κ1) is 79.5. The van der Waals surface area contributed by atoms with Crippen LogP contribution < -0.4 is 74.0 Å². The van der Waals surface area contributed by atoms with Gasteiger partial charge in [-0.1, -0.05) is 41.8 Å². The maximum Gasteiger partial charge on any atom is 0.280 e. The number of fused-ring (bicyclic) bond motifs is 5. The molecule has 5 aliphatic rings. The molecule has 0 aromatic carbocycles. The molecule has 5 fully saturated rings. The molecule has 34 N–H and O–H groups in total. The van der Waals surface area contributed by atoms with Crippen LogP contribution in [0.25, 0.3) is 55.6 Å². The van der Waals surface area contributed by atoms with Crippen molar-refractivity contribution in [2.75, 3.05) is 61.7 Å². The Balaban J connectivity index is 0.000000136. The Morgan fingerprint density at radius 2 is 0.836 bits per heavy atom. The summed E-state index contributed by atoms with van der Waals surface area (Å²) in [5.41, 5.74) is 50.3. The summed E-state index contributed by atoms with van der Waals surface area (Å²) in [6, 6.07) is 1.51. The highest BCUT2D eigenvalue weighted by atomic mass is 32.1. The number of nitrogens with two attached hydrogens (primary N) is 10. The summed E-state index contributed by atoms with van der Waals surface area (Å²) in [7, 11) is 0. The fourth-order valence-corrected chi connectivity index (χ4v) is 13.1. The van der Waals surface area contributed by atoms with E-state index < -0.39 is 175 Å². The van der Waals surface area contributed by atoms with Gasteiger partial charge in [-0.15, -0.1) is 32.1 Å². The number of hydrogen-bond acceptors (Lipinski definition) is 38. The van der Waals surface area contributed by atoms with E-state index in [1.54, 1.807) is 0 Å². The predicted octanol–water partition coefficient (Wildman–Crippen LogP) is -10.2. The fourth-order valence-electron chi connectivity index (χ4n) is 12.8. The third-order valence-corrected chi connectivity index (χ3v) is 19.0. The molecular weight excluding hydrogens is 1480 g/mol. The van der Waals surface area contributed by atoms with Gasteiger partial charge >= 0.3 is 0 Å². The van der Waals surface area contributed by atoms with Gasteiger partial charge in [-0.25, -0.2) is 29.3 Å². The molecule has 5 saturated heterocycles. The second-order valence-electron chi connectivity index (χ2n) is 25.2. The standard InChI is InChI=1S/C13H14FN5O4.C13H15N5O4.C12H14N6O4.C12H14N6O3S.C12H14N6O3/c1-2-13(16)8(21)6(4-20)23-11(13)19-3-5(14)7-9(19)17-12(15)18-10(7)22;1-2-13(15)8(20)7(5-19)22-11(13)18-4-3-6-9(18)16-12(14)17-10(6)21;1-2-12(14)7(20)5(3-19)22-10(12)18-4-15-6-8(18)16-11(13)17-9(6)21;1-2-12(14)7(20)5(3-19)21-10(12)18-4-15-6-8(18)16-11(13)17-9(6)22;1-2-12(14)8(20)7(4-19)21-10(12)18-5-16-6-3-15-11(13)17-9(6)18/h1,3,6,8,11,20-21H,4,16H2,(H3,15,17,18,22);1,3-4,7-8,11,19-20H,5,15H2,(H3,14,16,17,21);1,4-5,7,10,19-20H,3,14H2,(H3,13,16,17,21);1,4-5,7,10,19-20H,3,14H2,(H3,13,16,17,22);1,3,5,7-8,10,19-20H,4,14H2,(H2,13,15,17)/t6-,8+,11-,13?;7-,8+,11-,13?;2*5-,7+,10-,12?;7-,8+,10-,12?/m11111/s1. The Kier molecular flexibility index (Phi) is 21.8. The van der Waals surface area contributed by atoms with Gasteiger partial charge in [0.25, 0.3) is 16.7 Å². The molecule has 48 heteroatoms. The van der Waals surface area contributed by atoms with Crippen molar-refractivity contribution in [3.8, 4) is 61.7 Å². The minimum Gasteiger partial charge on any atom is -0.394 e. The van der Waals surface area contributed by atoms with Crippen LogP contribution >= 0.6 is 12.2 Å². The summed E-state index contributed by atoms with van der Waals surface area (Å²) >= 11 is 5.10. The van der Waals surface area contributed by atoms with Crippen LogP contribution in [0, 0.1) is 72.2 Å². The number of nitrogens with zero attached hydrogens (tertiary/aromatic N) is 14. The van der Waals surface area contributed by atoms with Crippen LogP contribution in [0.3, 0.4) is 0 Å². The second kappa shape index (κ2) is 30.1. The lowest BCUT2D eigenvalue weighted by Gasteiger charge is -2.27. The number of anilines is 5. The van der Waals surface area contributed by atoms with Crippen molar-refractivity contribution in [2.24, 2.45) is 28.7 Å². The van der Waals surface area contributed by atoms with Gasteiger partial charge in [-0.3, -0.25) is 47.6 Å². The summed E-state index contributed by atoms with van der Waals surface area (Å²) in [6.07, 6.45) is 18.8. The highest BCUT2D eigenvalue weighted by Crippen LogP contribution is 2.43. The summed E-state index contributed by atoms with van der Waals surface area (Å²) in [4.78, 5) is 81.1. The highest BCUT2D eigenvalue weighted by Gasteiger charge is 2.59.